The van der Waals surface area contributed by atoms with Gasteiger partial charge in [-0.1, -0.05) is 27.2 Å². The second-order valence-corrected chi connectivity index (χ2v) is 5.32. The van der Waals surface area contributed by atoms with Crippen LogP contribution >= 0.6 is 0 Å². The van der Waals surface area contributed by atoms with E-state index in [0.29, 0.717) is 18.9 Å². The Hall–Kier alpha value is -1.32. The van der Waals surface area contributed by atoms with E-state index in [0.717, 1.165) is 12.8 Å². The number of amides is 1. The molecule has 0 aromatic carbocycles. The smallest absolute Gasteiger partial charge is 0.261 e. The van der Waals surface area contributed by atoms with Crippen molar-refractivity contribution in [3.63, 3.8) is 0 Å². The third-order valence-electron chi connectivity index (χ3n) is 3.21. The zero-order valence-corrected chi connectivity index (χ0v) is 11.7. The number of nitrogens with zero attached hydrogens (tertiary/aromatic N) is 1. The molecule has 4 heteroatoms. The van der Waals surface area contributed by atoms with Gasteiger partial charge in [0.1, 0.15) is 11.3 Å². The SMILES string of the molecule is CCCCN1C(=O)C(=C(C)O)C(=O)C1CC(C)C. The van der Waals surface area contributed by atoms with Crippen molar-refractivity contribution in [2.24, 2.45) is 5.92 Å². The summed E-state index contributed by atoms with van der Waals surface area (Å²) < 4.78 is 0. The quantitative estimate of drug-likeness (QED) is 0.465. The molecule has 0 radical (unpaired) electrons. The highest BCUT2D eigenvalue weighted by Crippen LogP contribution is 2.27. The van der Waals surface area contributed by atoms with Crippen molar-refractivity contribution in [1.29, 1.82) is 0 Å². The van der Waals surface area contributed by atoms with E-state index in [1.54, 1.807) is 4.90 Å². The maximum absolute atomic E-state index is 12.2. The minimum absolute atomic E-state index is 0.0169. The number of rotatable bonds is 5. The zero-order chi connectivity index (χ0) is 13.9. The van der Waals surface area contributed by atoms with E-state index in [2.05, 4.69) is 0 Å². The summed E-state index contributed by atoms with van der Waals surface area (Å²) in [4.78, 5) is 26.0. The number of unbranched alkanes of at least 4 members (excludes halogenated alkanes) is 1. The summed E-state index contributed by atoms with van der Waals surface area (Å²) in [6, 6.07) is -0.388. The number of carbonyl (C=O) groups excluding carboxylic acids is 2. The molecule has 1 aliphatic heterocycles. The van der Waals surface area contributed by atoms with E-state index in [9.17, 15) is 14.7 Å². The highest BCUT2D eigenvalue weighted by molar-refractivity contribution is 6.26. The van der Waals surface area contributed by atoms with Gasteiger partial charge in [0.2, 0.25) is 0 Å². The molecule has 1 amide bonds. The predicted octanol–water partition coefficient (Wildman–Crippen LogP) is 2.44. The Balaban J connectivity index is 3.00. The van der Waals surface area contributed by atoms with Crippen molar-refractivity contribution in [3.05, 3.63) is 11.3 Å². The molecule has 18 heavy (non-hydrogen) atoms. The van der Waals surface area contributed by atoms with Crippen LogP contribution in [0.3, 0.4) is 0 Å². The molecule has 0 spiro atoms. The number of ketones is 1. The predicted molar refractivity (Wildman–Crippen MR) is 70.2 cm³/mol. The molecule has 1 saturated heterocycles. The Morgan fingerprint density at radius 3 is 2.44 bits per heavy atom. The number of likely N-dealkylation sites (tertiary alicyclic amines) is 1. The highest BCUT2D eigenvalue weighted by Gasteiger charge is 2.43. The lowest BCUT2D eigenvalue weighted by molar-refractivity contribution is -0.127. The number of Topliss-reactive ketones (excluding diaryl/α,β-unsaturated/α-hetero) is 1. The first kappa shape index (κ1) is 14.7. The van der Waals surface area contributed by atoms with Gasteiger partial charge in [0.15, 0.2) is 5.78 Å². The van der Waals surface area contributed by atoms with Crippen molar-refractivity contribution < 1.29 is 14.7 Å². The van der Waals surface area contributed by atoms with Crippen LogP contribution in [0.4, 0.5) is 0 Å². The average molecular weight is 253 g/mol. The summed E-state index contributed by atoms with van der Waals surface area (Å²) >= 11 is 0. The van der Waals surface area contributed by atoms with Gasteiger partial charge in [-0.3, -0.25) is 9.59 Å². The Morgan fingerprint density at radius 1 is 1.39 bits per heavy atom. The molecule has 1 N–H and O–H groups in total. The largest absolute Gasteiger partial charge is 0.512 e. The molecule has 0 aromatic heterocycles. The number of hydrogen-bond acceptors (Lipinski definition) is 3. The standard InChI is InChI=1S/C14H23NO3/c1-5-6-7-15-11(8-9(2)3)13(17)12(10(4)16)14(15)18/h9,11,16H,5-8H2,1-4H3. The maximum Gasteiger partial charge on any atom is 0.261 e. The van der Waals surface area contributed by atoms with Crippen LogP contribution in [0.15, 0.2) is 11.3 Å². The molecule has 4 nitrogen and oxygen atoms in total. The monoisotopic (exact) mass is 253 g/mol. The van der Waals surface area contributed by atoms with Crippen molar-refractivity contribution >= 4 is 11.7 Å². The second-order valence-electron chi connectivity index (χ2n) is 5.32. The molecule has 0 aromatic rings. The summed E-state index contributed by atoms with van der Waals surface area (Å²) in [5, 5.41) is 9.50. The van der Waals surface area contributed by atoms with Crippen LogP contribution in [0.2, 0.25) is 0 Å². The summed E-state index contributed by atoms with van der Waals surface area (Å²) in [6.45, 7) is 8.11. The van der Waals surface area contributed by atoms with Gasteiger partial charge < -0.3 is 10.0 Å². The number of aliphatic hydroxyl groups excluding tert-OH is 1. The molecule has 102 valence electrons. The minimum atomic E-state index is -0.388. The number of hydrogen-bond donors (Lipinski definition) is 1. The molecule has 0 aliphatic carbocycles. The van der Waals surface area contributed by atoms with Gasteiger partial charge in [0.05, 0.1) is 6.04 Å². The first-order valence-corrected chi connectivity index (χ1v) is 6.65. The third kappa shape index (κ3) is 2.92. The number of allylic oxidation sites excluding steroid dienone is 1. The molecule has 1 fully saturated rings. The molecular formula is C14H23NO3. The summed E-state index contributed by atoms with van der Waals surface area (Å²) in [7, 11) is 0. The minimum Gasteiger partial charge on any atom is -0.512 e. The summed E-state index contributed by atoms with van der Waals surface area (Å²) in [5.74, 6) is -0.337. The van der Waals surface area contributed by atoms with E-state index in [-0.39, 0.29) is 29.1 Å². The van der Waals surface area contributed by atoms with Crippen LogP contribution in [0.25, 0.3) is 0 Å². The molecule has 1 unspecified atom stereocenters. The van der Waals surface area contributed by atoms with Crippen LogP contribution in [0.5, 0.6) is 0 Å². The van der Waals surface area contributed by atoms with Crippen LogP contribution < -0.4 is 0 Å². The maximum atomic E-state index is 12.2. The van der Waals surface area contributed by atoms with Crippen LogP contribution in [-0.4, -0.2) is 34.3 Å². The normalized spacial score (nSPS) is 23.2. The summed E-state index contributed by atoms with van der Waals surface area (Å²) in [6.07, 6.45) is 2.51. The number of aliphatic hydroxyl groups is 1. The van der Waals surface area contributed by atoms with E-state index in [1.165, 1.54) is 6.92 Å². The van der Waals surface area contributed by atoms with Crippen LogP contribution in [0, 0.1) is 5.92 Å². The molecule has 0 saturated carbocycles. The van der Waals surface area contributed by atoms with Gasteiger partial charge in [-0.05, 0) is 25.7 Å². The van der Waals surface area contributed by atoms with Gasteiger partial charge in [-0.25, -0.2) is 0 Å². The van der Waals surface area contributed by atoms with E-state index in [1.807, 2.05) is 20.8 Å². The lowest BCUT2D eigenvalue weighted by Gasteiger charge is -2.24. The lowest BCUT2D eigenvalue weighted by Crippen LogP contribution is -2.37. The van der Waals surface area contributed by atoms with Gasteiger partial charge in [0, 0.05) is 6.54 Å². The third-order valence-corrected chi connectivity index (χ3v) is 3.21. The average Bonchev–Trinajstić information content (AvgIpc) is 2.48. The molecule has 1 rings (SSSR count). The van der Waals surface area contributed by atoms with Gasteiger partial charge in [-0.15, -0.1) is 0 Å². The first-order chi connectivity index (χ1) is 8.40. The Labute approximate surface area is 109 Å². The van der Waals surface area contributed by atoms with Crippen molar-refractivity contribution in [2.45, 2.75) is 53.0 Å². The second kappa shape index (κ2) is 6.03. The van der Waals surface area contributed by atoms with E-state index in [4.69, 9.17) is 0 Å². The Kier molecular flexibility index (Phi) is 4.93. The summed E-state index contributed by atoms with van der Waals surface area (Å²) in [5.41, 5.74) is -0.0169. The fourth-order valence-electron chi connectivity index (χ4n) is 2.30. The first-order valence-electron chi connectivity index (χ1n) is 6.65. The number of carbonyl (C=O) groups is 2. The highest BCUT2D eigenvalue weighted by atomic mass is 16.3. The fourth-order valence-corrected chi connectivity index (χ4v) is 2.30. The van der Waals surface area contributed by atoms with Crippen LogP contribution in [0.1, 0.15) is 47.0 Å². The molecule has 0 bridgehead atoms. The van der Waals surface area contributed by atoms with Crippen molar-refractivity contribution in [2.75, 3.05) is 6.54 Å². The Morgan fingerprint density at radius 2 is 2.00 bits per heavy atom. The molecule has 1 atom stereocenters. The van der Waals surface area contributed by atoms with E-state index < -0.39 is 0 Å². The lowest BCUT2D eigenvalue weighted by atomic mass is 9.99. The van der Waals surface area contributed by atoms with Gasteiger partial charge in [0.25, 0.3) is 5.91 Å². The zero-order valence-electron chi connectivity index (χ0n) is 11.7. The van der Waals surface area contributed by atoms with Gasteiger partial charge >= 0.3 is 0 Å². The van der Waals surface area contributed by atoms with E-state index >= 15 is 0 Å². The molecular weight excluding hydrogens is 230 g/mol. The topological polar surface area (TPSA) is 57.6 Å². The molecule has 1 heterocycles. The van der Waals surface area contributed by atoms with Crippen molar-refractivity contribution in [1.82, 2.24) is 4.90 Å². The fraction of sp³-hybridized carbons (Fsp3) is 0.714. The Bertz CT molecular complexity index is 367. The van der Waals surface area contributed by atoms with Gasteiger partial charge in [-0.2, -0.15) is 0 Å². The van der Waals surface area contributed by atoms with Crippen LogP contribution in [-0.2, 0) is 9.59 Å². The molecule has 1 aliphatic rings. The van der Waals surface area contributed by atoms with Crippen molar-refractivity contribution in [3.8, 4) is 0 Å².